The van der Waals surface area contributed by atoms with Gasteiger partial charge in [0, 0.05) is 40.8 Å². The monoisotopic (exact) mass is 386 g/mol. The maximum absolute atomic E-state index is 12.1. The number of carbonyl (C=O) groups excluding carboxylic acids is 2. The molecule has 1 aromatic carbocycles. The summed E-state index contributed by atoms with van der Waals surface area (Å²) in [5, 5.41) is 4.64. The molecule has 7 heteroatoms. The molecule has 1 aliphatic rings. The highest BCUT2D eigenvalue weighted by molar-refractivity contribution is 6.35. The molecule has 142 valence electrons. The van der Waals surface area contributed by atoms with Crippen LogP contribution in [0.25, 0.3) is 5.69 Å². The fraction of sp³-hybridized carbons (Fsp3) is 0.350. The SMILES string of the molecule is Cc1cc(/C=N\NC(=O)C(=O)N2CCCCC2)c(C)n1-c1cccc(Cl)c1. The van der Waals surface area contributed by atoms with E-state index in [9.17, 15) is 9.59 Å². The molecule has 1 aliphatic heterocycles. The van der Waals surface area contributed by atoms with Gasteiger partial charge in [-0.1, -0.05) is 17.7 Å². The van der Waals surface area contributed by atoms with Crippen molar-refractivity contribution in [1.82, 2.24) is 14.9 Å². The Labute approximate surface area is 163 Å². The van der Waals surface area contributed by atoms with Crippen molar-refractivity contribution in [1.29, 1.82) is 0 Å². The number of benzene rings is 1. The van der Waals surface area contributed by atoms with Gasteiger partial charge in [-0.25, -0.2) is 5.43 Å². The van der Waals surface area contributed by atoms with Crippen LogP contribution in [0.5, 0.6) is 0 Å². The number of nitrogens with one attached hydrogen (secondary N) is 1. The number of hydrogen-bond acceptors (Lipinski definition) is 3. The van der Waals surface area contributed by atoms with Gasteiger partial charge in [0.1, 0.15) is 0 Å². The largest absolute Gasteiger partial charge is 0.334 e. The van der Waals surface area contributed by atoms with Crippen LogP contribution in [0, 0.1) is 13.8 Å². The standard InChI is InChI=1S/C20H23ClN4O2/c1-14-11-16(15(2)25(14)18-8-6-7-17(21)12-18)13-22-23-19(26)20(27)24-9-4-3-5-10-24/h6-8,11-13H,3-5,9-10H2,1-2H3,(H,23,26)/b22-13-. The zero-order valence-electron chi connectivity index (χ0n) is 15.5. The zero-order chi connectivity index (χ0) is 19.4. The molecular weight excluding hydrogens is 364 g/mol. The molecule has 2 aromatic rings. The minimum Gasteiger partial charge on any atom is -0.334 e. The molecule has 1 N–H and O–H groups in total. The predicted octanol–water partition coefficient (Wildman–Crippen LogP) is 3.21. The summed E-state index contributed by atoms with van der Waals surface area (Å²) in [5.41, 5.74) is 6.15. The van der Waals surface area contributed by atoms with Crippen LogP contribution in [0.3, 0.4) is 0 Å². The summed E-state index contributed by atoms with van der Waals surface area (Å²) in [7, 11) is 0. The molecule has 3 rings (SSSR count). The van der Waals surface area contributed by atoms with E-state index in [-0.39, 0.29) is 0 Å². The second kappa shape index (κ2) is 8.39. The van der Waals surface area contributed by atoms with Crippen molar-refractivity contribution in [3.8, 4) is 5.69 Å². The highest BCUT2D eigenvalue weighted by Crippen LogP contribution is 2.22. The fourth-order valence-electron chi connectivity index (χ4n) is 3.38. The Balaban J connectivity index is 1.70. The summed E-state index contributed by atoms with van der Waals surface area (Å²) in [5.74, 6) is -1.21. The van der Waals surface area contributed by atoms with Crippen LogP contribution < -0.4 is 5.43 Å². The Morgan fingerprint density at radius 3 is 2.59 bits per heavy atom. The maximum atomic E-state index is 12.1. The zero-order valence-corrected chi connectivity index (χ0v) is 16.3. The lowest BCUT2D eigenvalue weighted by Gasteiger charge is -2.25. The molecule has 0 spiro atoms. The van der Waals surface area contributed by atoms with E-state index in [4.69, 9.17) is 11.6 Å². The van der Waals surface area contributed by atoms with Crippen molar-refractivity contribution in [2.24, 2.45) is 5.10 Å². The summed E-state index contributed by atoms with van der Waals surface area (Å²) in [6.07, 6.45) is 4.55. The molecule has 0 unspecified atom stereocenters. The van der Waals surface area contributed by atoms with Gasteiger partial charge in [-0.2, -0.15) is 5.10 Å². The summed E-state index contributed by atoms with van der Waals surface area (Å²) in [6.45, 7) is 5.23. The molecule has 0 radical (unpaired) electrons. The van der Waals surface area contributed by atoms with Crippen LogP contribution in [0.15, 0.2) is 35.4 Å². The van der Waals surface area contributed by atoms with E-state index < -0.39 is 11.8 Å². The van der Waals surface area contributed by atoms with Gasteiger partial charge in [0.05, 0.1) is 6.21 Å². The summed E-state index contributed by atoms with van der Waals surface area (Å²) >= 11 is 6.10. The van der Waals surface area contributed by atoms with Crippen LogP contribution in [0.4, 0.5) is 0 Å². The highest BCUT2D eigenvalue weighted by Gasteiger charge is 2.22. The van der Waals surface area contributed by atoms with Gasteiger partial charge in [-0.15, -0.1) is 0 Å². The molecule has 6 nitrogen and oxygen atoms in total. The Morgan fingerprint density at radius 1 is 1.15 bits per heavy atom. The molecule has 0 saturated carbocycles. The van der Waals surface area contributed by atoms with Crippen LogP contribution in [-0.2, 0) is 9.59 Å². The number of nitrogens with zero attached hydrogens (tertiary/aromatic N) is 3. The Kier molecular flexibility index (Phi) is 5.96. The van der Waals surface area contributed by atoms with Crippen LogP contribution in [-0.4, -0.2) is 40.6 Å². The predicted molar refractivity (Wildman–Crippen MR) is 106 cm³/mol. The van der Waals surface area contributed by atoms with E-state index in [1.807, 2.05) is 44.2 Å². The highest BCUT2D eigenvalue weighted by atomic mass is 35.5. The molecule has 1 aromatic heterocycles. The molecule has 1 saturated heterocycles. The van der Waals surface area contributed by atoms with Crippen LogP contribution in [0.2, 0.25) is 5.02 Å². The number of amides is 2. The molecule has 2 heterocycles. The van der Waals surface area contributed by atoms with Crippen molar-refractivity contribution in [3.63, 3.8) is 0 Å². The lowest BCUT2D eigenvalue weighted by Crippen LogP contribution is -2.43. The van der Waals surface area contributed by atoms with E-state index in [0.717, 1.165) is 41.9 Å². The Morgan fingerprint density at radius 2 is 1.89 bits per heavy atom. The van der Waals surface area contributed by atoms with Gasteiger partial charge in [0.25, 0.3) is 0 Å². The lowest BCUT2D eigenvalue weighted by atomic mass is 10.1. The second-order valence-electron chi connectivity index (χ2n) is 6.69. The molecule has 1 fully saturated rings. The Bertz CT molecular complexity index is 882. The number of halogens is 1. The van der Waals surface area contributed by atoms with Crippen LogP contribution in [0.1, 0.15) is 36.2 Å². The maximum Gasteiger partial charge on any atom is 0.329 e. The molecule has 2 amide bonds. The van der Waals surface area contributed by atoms with Crippen molar-refractivity contribution in [3.05, 3.63) is 52.3 Å². The van der Waals surface area contributed by atoms with Gasteiger partial charge < -0.3 is 9.47 Å². The van der Waals surface area contributed by atoms with Crippen LogP contribution >= 0.6 is 11.6 Å². The first kappa shape index (κ1) is 19.2. The fourth-order valence-corrected chi connectivity index (χ4v) is 3.56. The average Bonchev–Trinajstić information content (AvgIpc) is 2.95. The number of aromatic nitrogens is 1. The lowest BCUT2D eigenvalue weighted by molar-refractivity contribution is -0.146. The van der Waals surface area contributed by atoms with Gasteiger partial charge >= 0.3 is 11.8 Å². The number of likely N-dealkylation sites (tertiary alicyclic amines) is 1. The van der Waals surface area contributed by atoms with Crippen molar-refractivity contribution in [2.45, 2.75) is 33.1 Å². The summed E-state index contributed by atoms with van der Waals surface area (Å²) in [4.78, 5) is 25.7. The third-order valence-electron chi connectivity index (χ3n) is 4.74. The molecule has 0 atom stereocenters. The number of hydrogen-bond donors (Lipinski definition) is 1. The first-order valence-electron chi connectivity index (χ1n) is 9.04. The minimum atomic E-state index is -0.697. The topological polar surface area (TPSA) is 66.7 Å². The first-order chi connectivity index (χ1) is 13.0. The number of aryl methyl sites for hydroxylation is 1. The van der Waals surface area contributed by atoms with Crippen molar-refractivity contribution >= 4 is 29.6 Å². The van der Waals surface area contributed by atoms with Crippen molar-refractivity contribution in [2.75, 3.05) is 13.1 Å². The Hall–Kier alpha value is -2.60. The molecule has 0 aliphatic carbocycles. The van der Waals surface area contributed by atoms with Gasteiger partial charge in [-0.3, -0.25) is 9.59 Å². The second-order valence-corrected chi connectivity index (χ2v) is 7.13. The van der Waals surface area contributed by atoms with E-state index in [1.165, 1.54) is 0 Å². The van der Waals surface area contributed by atoms with E-state index in [2.05, 4.69) is 15.1 Å². The van der Waals surface area contributed by atoms with Gasteiger partial charge in [0.15, 0.2) is 0 Å². The third kappa shape index (κ3) is 4.39. The first-order valence-corrected chi connectivity index (χ1v) is 9.42. The quantitative estimate of drug-likeness (QED) is 0.500. The summed E-state index contributed by atoms with van der Waals surface area (Å²) in [6, 6.07) is 9.57. The normalized spacial score (nSPS) is 14.6. The molecule has 0 bridgehead atoms. The molecule has 27 heavy (non-hydrogen) atoms. The van der Waals surface area contributed by atoms with Crippen molar-refractivity contribution < 1.29 is 9.59 Å². The van der Waals surface area contributed by atoms with E-state index in [1.54, 1.807) is 11.1 Å². The average molecular weight is 387 g/mol. The number of hydrazone groups is 1. The summed E-state index contributed by atoms with van der Waals surface area (Å²) < 4.78 is 2.06. The number of piperidine rings is 1. The third-order valence-corrected chi connectivity index (χ3v) is 4.98. The van der Waals surface area contributed by atoms with E-state index in [0.29, 0.717) is 18.1 Å². The number of carbonyl (C=O) groups is 2. The van der Waals surface area contributed by atoms with Gasteiger partial charge in [0.2, 0.25) is 0 Å². The van der Waals surface area contributed by atoms with Gasteiger partial charge in [-0.05, 0) is 57.4 Å². The minimum absolute atomic E-state index is 0.517. The van der Waals surface area contributed by atoms with E-state index >= 15 is 0 Å². The number of rotatable bonds is 3. The molecular formula is C20H23ClN4O2. The smallest absolute Gasteiger partial charge is 0.329 e.